The predicted octanol–water partition coefficient (Wildman–Crippen LogP) is 4.79. The Morgan fingerprint density at radius 1 is 0.967 bits per heavy atom. The molecular weight excluding hydrogens is 432 g/mol. The normalized spacial score (nSPS) is 12.1. The highest BCUT2D eigenvalue weighted by Crippen LogP contribution is 2.36. The van der Waals surface area contributed by atoms with Crippen LogP contribution in [0.15, 0.2) is 63.3 Å². The van der Waals surface area contributed by atoms with Crippen molar-refractivity contribution in [2.45, 2.75) is 0 Å². The molecule has 0 bridgehead atoms. The van der Waals surface area contributed by atoms with Crippen LogP contribution in [0.1, 0.15) is 5.56 Å². The number of aromatic nitrogens is 1. The first kappa shape index (κ1) is 19.8. The van der Waals surface area contributed by atoms with Crippen LogP contribution in [0.2, 0.25) is 0 Å². The van der Waals surface area contributed by atoms with E-state index >= 15 is 0 Å². The third-order valence-corrected chi connectivity index (χ3v) is 5.77. The topological polar surface area (TPSA) is 90.3 Å². The maximum Gasteiger partial charge on any atom is 0.211 e. The summed E-state index contributed by atoms with van der Waals surface area (Å²) in [5.41, 5.74) is 0.778. The first-order chi connectivity index (χ1) is 14.4. The summed E-state index contributed by atoms with van der Waals surface area (Å²) in [5.74, 6) is -3.17. The number of hydrogen-bond donors (Lipinski definition) is 3. The van der Waals surface area contributed by atoms with Crippen molar-refractivity contribution in [3.63, 3.8) is 0 Å². The summed E-state index contributed by atoms with van der Waals surface area (Å²) in [6.07, 6.45) is 1.28. The predicted molar refractivity (Wildman–Crippen MR) is 112 cm³/mol. The van der Waals surface area contributed by atoms with E-state index in [1.54, 1.807) is 5.38 Å². The lowest BCUT2D eigenvalue weighted by molar-refractivity contribution is 0.367. The Labute approximate surface area is 176 Å². The molecule has 6 nitrogen and oxygen atoms in total. The first-order valence-electron chi connectivity index (χ1n) is 8.46. The molecule has 0 aliphatic heterocycles. The average molecular weight is 445 g/mol. The second-order valence-corrected chi connectivity index (χ2v) is 7.80. The molecule has 0 aliphatic rings. The highest BCUT2D eigenvalue weighted by atomic mass is 32.1. The van der Waals surface area contributed by atoms with Gasteiger partial charge in [-0.05, 0) is 35.7 Å². The smallest absolute Gasteiger partial charge is 0.211 e. The van der Waals surface area contributed by atoms with Crippen molar-refractivity contribution in [3.05, 3.63) is 75.2 Å². The van der Waals surface area contributed by atoms with Crippen LogP contribution in [0.25, 0.3) is 10.6 Å². The van der Waals surface area contributed by atoms with Gasteiger partial charge in [0, 0.05) is 17.0 Å². The molecule has 0 saturated carbocycles. The van der Waals surface area contributed by atoms with Crippen LogP contribution in [0, 0.1) is 11.6 Å². The Bertz CT molecular complexity index is 1310. The fourth-order valence-electron chi connectivity index (χ4n) is 2.57. The molecule has 4 rings (SSSR count). The van der Waals surface area contributed by atoms with Crippen molar-refractivity contribution < 1.29 is 24.1 Å². The summed E-state index contributed by atoms with van der Waals surface area (Å²) in [5, 5.41) is 37.2. The largest absolute Gasteiger partial charge is 0.504 e. The molecule has 0 aliphatic carbocycles. The summed E-state index contributed by atoms with van der Waals surface area (Å²) >= 11 is 2.67. The lowest BCUT2D eigenvalue weighted by Gasteiger charge is -2.04. The second-order valence-electron chi connectivity index (χ2n) is 6.02. The van der Waals surface area contributed by atoms with Crippen molar-refractivity contribution in [1.82, 2.24) is 4.68 Å². The molecule has 2 heterocycles. The monoisotopic (exact) mass is 445 g/mol. The Morgan fingerprint density at radius 3 is 2.53 bits per heavy atom. The highest BCUT2D eigenvalue weighted by Gasteiger charge is 2.12. The van der Waals surface area contributed by atoms with Crippen molar-refractivity contribution in [2.24, 2.45) is 10.1 Å². The van der Waals surface area contributed by atoms with Gasteiger partial charge >= 0.3 is 0 Å². The van der Waals surface area contributed by atoms with Crippen LogP contribution in [0.5, 0.6) is 17.2 Å². The van der Waals surface area contributed by atoms with Gasteiger partial charge < -0.3 is 15.3 Å². The lowest BCUT2D eigenvalue weighted by atomic mass is 10.2. The van der Waals surface area contributed by atoms with Gasteiger partial charge in [-0.15, -0.1) is 22.7 Å². The van der Waals surface area contributed by atoms with Crippen LogP contribution in [-0.2, 0) is 0 Å². The minimum Gasteiger partial charge on any atom is -0.504 e. The summed E-state index contributed by atoms with van der Waals surface area (Å²) in [7, 11) is 0. The molecule has 10 heteroatoms. The van der Waals surface area contributed by atoms with Gasteiger partial charge in [0.25, 0.3) is 0 Å². The fourth-order valence-corrected chi connectivity index (χ4v) is 4.21. The van der Waals surface area contributed by atoms with E-state index in [9.17, 15) is 24.1 Å². The number of hydrogen-bond acceptors (Lipinski definition) is 7. The van der Waals surface area contributed by atoms with E-state index in [2.05, 4.69) is 10.1 Å². The number of rotatable bonds is 4. The molecule has 2 aromatic heterocycles. The van der Waals surface area contributed by atoms with Gasteiger partial charge in [-0.1, -0.05) is 6.07 Å². The molecule has 0 amide bonds. The summed E-state index contributed by atoms with van der Waals surface area (Å²) in [6.45, 7) is 0. The standard InChI is InChI=1S/C20H13F2N3O3S2/c21-12-4-5-14(13(22)8-12)24-20-25(15(10-30-20)17-2-1-7-29-17)23-9-11-3-6-16(26)19(28)18(11)27/h1-10,26-28H. The van der Waals surface area contributed by atoms with Crippen LogP contribution >= 0.6 is 22.7 Å². The number of nitrogens with zero attached hydrogens (tertiary/aromatic N) is 3. The fraction of sp³-hybridized carbons (Fsp3) is 0. The Morgan fingerprint density at radius 2 is 1.80 bits per heavy atom. The molecule has 0 radical (unpaired) electrons. The van der Waals surface area contributed by atoms with Crippen LogP contribution in [-0.4, -0.2) is 26.2 Å². The number of thiophene rings is 1. The third-order valence-electron chi connectivity index (χ3n) is 4.06. The van der Waals surface area contributed by atoms with E-state index in [-0.39, 0.29) is 11.3 Å². The van der Waals surface area contributed by atoms with E-state index in [0.717, 1.165) is 17.0 Å². The van der Waals surface area contributed by atoms with E-state index in [1.165, 1.54) is 51.8 Å². The molecule has 4 aromatic rings. The van der Waals surface area contributed by atoms with Gasteiger partial charge in [0.15, 0.2) is 17.3 Å². The molecule has 0 unspecified atom stereocenters. The number of phenols is 3. The molecular formula is C20H13F2N3O3S2. The minimum absolute atomic E-state index is 0.0509. The lowest BCUT2D eigenvalue weighted by Crippen LogP contribution is -2.11. The average Bonchev–Trinajstić information content (AvgIpc) is 3.38. The second kappa shape index (κ2) is 8.09. The molecule has 3 N–H and O–H groups in total. The van der Waals surface area contributed by atoms with Gasteiger partial charge in [0.05, 0.1) is 16.8 Å². The van der Waals surface area contributed by atoms with Crippen LogP contribution in [0.4, 0.5) is 14.5 Å². The van der Waals surface area contributed by atoms with Crippen molar-refractivity contribution in [3.8, 4) is 27.8 Å². The summed E-state index contributed by atoms with van der Waals surface area (Å²) in [4.78, 5) is 5.44. The molecule has 30 heavy (non-hydrogen) atoms. The quantitative estimate of drug-likeness (QED) is 0.312. The number of thiazole rings is 1. The van der Waals surface area contributed by atoms with Gasteiger partial charge in [0.2, 0.25) is 10.6 Å². The molecule has 0 spiro atoms. The Hall–Kier alpha value is -3.50. The van der Waals surface area contributed by atoms with Crippen LogP contribution in [0.3, 0.4) is 0 Å². The van der Waals surface area contributed by atoms with Gasteiger partial charge in [0.1, 0.15) is 11.5 Å². The minimum atomic E-state index is -0.808. The van der Waals surface area contributed by atoms with E-state index < -0.39 is 28.9 Å². The van der Waals surface area contributed by atoms with Gasteiger partial charge in [-0.2, -0.15) is 5.10 Å². The maximum absolute atomic E-state index is 14.1. The number of phenolic OH excluding ortho intramolecular Hbond substituents is 3. The number of halogens is 2. The van der Waals surface area contributed by atoms with Crippen molar-refractivity contribution in [1.29, 1.82) is 0 Å². The highest BCUT2D eigenvalue weighted by molar-refractivity contribution is 7.14. The number of aromatic hydroxyl groups is 3. The zero-order valence-electron chi connectivity index (χ0n) is 15.0. The summed E-state index contributed by atoms with van der Waals surface area (Å²) < 4.78 is 28.7. The van der Waals surface area contributed by atoms with Gasteiger partial charge in [-0.25, -0.2) is 18.4 Å². The Kier molecular flexibility index (Phi) is 5.34. The maximum atomic E-state index is 14.1. The third kappa shape index (κ3) is 3.82. The number of benzene rings is 2. The molecule has 0 fully saturated rings. The van der Waals surface area contributed by atoms with E-state index in [4.69, 9.17) is 0 Å². The molecule has 2 aromatic carbocycles. The van der Waals surface area contributed by atoms with Crippen molar-refractivity contribution >= 4 is 34.6 Å². The van der Waals surface area contributed by atoms with E-state index in [1.807, 2.05) is 17.5 Å². The zero-order chi connectivity index (χ0) is 21.3. The molecule has 0 atom stereocenters. The van der Waals surface area contributed by atoms with Gasteiger partial charge in [-0.3, -0.25) is 0 Å². The Balaban J connectivity index is 1.86. The summed E-state index contributed by atoms with van der Waals surface area (Å²) in [6, 6.07) is 9.43. The zero-order valence-corrected chi connectivity index (χ0v) is 16.7. The first-order valence-corrected chi connectivity index (χ1v) is 10.2. The van der Waals surface area contributed by atoms with Crippen molar-refractivity contribution in [2.75, 3.05) is 0 Å². The van der Waals surface area contributed by atoms with Crippen LogP contribution < -0.4 is 4.80 Å². The van der Waals surface area contributed by atoms with E-state index in [0.29, 0.717) is 10.5 Å². The SMILES string of the molecule is Oc1ccc(C=Nn2c(-c3cccs3)csc2=Nc2ccc(F)cc2F)c(O)c1O. The molecule has 0 saturated heterocycles. The molecule has 152 valence electrons.